The highest BCUT2D eigenvalue weighted by Gasteiger charge is 2.27. The maximum atomic E-state index is 11.8. The van der Waals surface area contributed by atoms with Gasteiger partial charge in [0.15, 0.2) is 0 Å². The van der Waals surface area contributed by atoms with Crippen LogP contribution in [0, 0.1) is 0 Å². The molecule has 0 saturated carbocycles. The summed E-state index contributed by atoms with van der Waals surface area (Å²) in [6.45, 7) is 4.75. The van der Waals surface area contributed by atoms with E-state index < -0.39 is 0 Å². The largest absolute Gasteiger partial charge is 0.338 e. The Hall–Kier alpha value is -0.770. The molecule has 1 aliphatic heterocycles. The summed E-state index contributed by atoms with van der Waals surface area (Å²) in [7, 11) is 1.94. The zero-order valence-electron chi connectivity index (χ0n) is 9.88. The molecule has 1 saturated heterocycles. The molecule has 0 aliphatic carbocycles. The lowest BCUT2D eigenvalue weighted by Gasteiger charge is -2.24. The van der Waals surface area contributed by atoms with Crippen molar-refractivity contribution < 1.29 is 4.79 Å². The van der Waals surface area contributed by atoms with E-state index in [-0.39, 0.29) is 6.03 Å². The molecule has 1 fully saturated rings. The van der Waals surface area contributed by atoms with Gasteiger partial charge in [0.2, 0.25) is 0 Å². The highest BCUT2D eigenvalue weighted by Crippen LogP contribution is 2.16. The first kappa shape index (κ1) is 12.3. The summed E-state index contributed by atoms with van der Waals surface area (Å²) in [5.41, 5.74) is 0. The first-order chi connectivity index (χ1) is 7.29. The number of nitrogens with zero attached hydrogens (tertiary/aromatic N) is 1. The normalized spacial score (nSPS) is 20.7. The summed E-state index contributed by atoms with van der Waals surface area (Å²) in [4.78, 5) is 13.8. The maximum Gasteiger partial charge on any atom is 0.317 e. The molecule has 2 N–H and O–H groups in total. The smallest absolute Gasteiger partial charge is 0.317 e. The van der Waals surface area contributed by atoms with Crippen LogP contribution in [0.4, 0.5) is 4.79 Å². The van der Waals surface area contributed by atoms with Gasteiger partial charge in [-0.05, 0) is 26.3 Å². The predicted octanol–water partition coefficient (Wildman–Crippen LogP) is 1.18. The molecular formula is C11H23N3O. The summed E-state index contributed by atoms with van der Waals surface area (Å²) >= 11 is 0. The standard InChI is InChI=1S/C11H23N3O/c1-3-4-7-13-11(15)14-8-5-6-10(14)9-12-2/h10,12H,3-9H2,1-2H3,(H,13,15). The van der Waals surface area contributed by atoms with Gasteiger partial charge in [0.25, 0.3) is 0 Å². The van der Waals surface area contributed by atoms with Crippen LogP contribution < -0.4 is 10.6 Å². The molecule has 4 heteroatoms. The minimum Gasteiger partial charge on any atom is -0.338 e. The summed E-state index contributed by atoms with van der Waals surface area (Å²) in [5, 5.41) is 6.11. The highest BCUT2D eigenvalue weighted by molar-refractivity contribution is 5.74. The number of carbonyl (C=O) groups excluding carboxylic acids is 1. The van der Waals surface area contributed by atoms with E-state index in [0.717, 1.165) is 45.3 Å². The third-order valence-corrected chi connectivity index (χ3v) is 2.88. The van der Waals surface area contributed by atoms with Crippen LogP contribution in [0.15, 0.2) is 0 Å². The van der Waals surface area contributed by atoms with E-state index in [4.69, 9.17) is 0 Å². The maximum absolute atomic E-state index is 11.8. The van der Waals surface area contributed by atoms with E-state index in [2.05, 4.69) is 17.6 Å². The molecule has 1 unspecified atom stereocenters. The monoisotopic (exact) mass is 213 g/mol. The third-order valence-electron chi connectivity index (χ3n) is 2.88. The van der Waals surface area contributed by atoms with Crippen LogP contribution >= 0.6 is 0 Å². The van der Waals surface area contributed by atoms with Crippen LogP contribution in [0.3, 0.4) is 0 Å². The van der Waals surface area contributed by atoms with Crippen LogP contribution in [-0.2, 0) is 0 Å². The van der Waals surface area contributed by atoms with Crippen molar-refractivity contribution in [3.8, 4) is 0 Å². The molecule has 1 heterocycles. The number of hydrogen-bond acceptors (Lipinski definition) is 2. The summed E-state index contributed by atoms with van der Waals surface area (Å²) in [6, 6.07) is 0.498. The molecule has 0 radical (unpaired) electrons. The van der Waals surface area contributed by atoms with Gasteiger partial charge in [-0.25, -0.2) is 4.79 Å². The van der Waals surface area contributed by atoms with Crippen molar-refractivity contribution in [2.24, 2.45) is 0 Å². The molecule has 0 aromatic heterocycles. The number of rotatable bonds is 5. The molecule has 0 bridgehead atoms. The van der Waals surface area contributed by atoms with Gasteiger partial charge in [0.1, 0.15) is 0 Å². The number of hydrogen-bond donors (Lipinski definition) is 2. The van der Waals surface area contributed by atoms with Crippen molar-refractivity contribution in [1.29, 1.82) is 0 Å². The van der Waals surface area contributed by atoms with E-state index >= 15 is 0 Å². The second-order valence-corrected chi connectivity index (χ2v) is 4.13. The Morgan fingerprint density at radius 1 is 1.53 bits per heavy atom. The van der Waals surface area contributed by atoms with Crippen molar-refractivity contribution in [1.82, 2.24) is 15.5 Å². The number of amides is 2. The van der Waals surface area contributed by atoms with Crippen LogP contribution in [0.5, 0.6) is 0 Å². The summed E-state index contributed by atoms with van der Waals surface area (Å²) < 4.78 is 0. The molecule has 0 aromatic carbocycles. The number of nitrogens with one attached hydrogen (secondary N) is 2. The molecule has 0 spiro atoms. The molecule has 1 rings (SSSR count). The fraction of sp³-hybridized carbons (Fsp3) is 0.909. The fourth-order valence-corrected chi connectivity index (χ4v) is 2.02. The zero-order valence-corrected chi connectivity index (χ0v) is 9.88. The minimum absolute atomic E-state index is 0.112. The third kappa shape index (κ3) is 3.70. The Labute approximate surface area is 92.4 Å². The molecule has 0 aromatic rings. The lowest BCUT2D eigenvalue weighted by Crippen LogP contribution is -2.46. The van der Waals surface area contributed by atoms with Crippen LogP contribution in [-0.4, -0.2) is 43.7 Å². The number of unbranched alkanes of at least 4 members (excludes halogenated alkanes) is 1. The zero-order chi connectivity index (χ0) is 11.1. The van der Waals surface area contributed by atoms with Crippen LogP contribution in [0.2, 0.25) is 0 Å². The van der Waals surface area contributed by atoms with Gasteiger partial charge in [-0.1, -0.05) is 13.3 Å². The lowest BCUT2D eigenvalue weighted by molar-refractivity contribution is 0.192. The van der Waals surface area contributed by atoms with Crippen LogP contribution in [0.25, 0.3) is 0 Å². The second-order valence-electron chi connectivity index (χ2n) is 4.13. The van der Waals surface area contributed by atoms with Crippen molar-refractivity contribution in [3.63, 3.8) is 0 Å². The summed E-state index contributed by atoms with van der Waals surface area (Å²) in [6.07, 6.45) is 4.45. The Balaban J connectivity index is 2.30. The second kappa shape index (κ2) is 6.67. The molecule has 15 heavy (non-hydrogen) atoms. The lowest BCUT2D eigenvalue weighted by atomic mass is 10.2. The first-order valence-electron chi connectivity index (χ1n) is 5.98. The van der Waals surface area contributed by atoms with E-state index in [1.165, 1.54) is 0 Å². The van der Waals surface area contributed by atoms with E-state index in [0.29, 0.717) is 6.04 Å². The Morgan fingerprint density at radius 3 is 3.00 bits per heavy atom. The first-order valence-corrected chi connectivity index (χ1v) is 5.98. The van der Waals surface area contributed by atoms with Gasteiger partial charge in [-0.2, -0.15) is 0 Å². The molecular weight excluding hydrogens is 190 g/mol. The topological polar surface area (TPSA) is 44.4 Å². The number of carbonyl (C=O) groups is 1. The Bertz CT molecular complexity index is 196. The fourth-order valence-electron chi connectivity index (χ4n) is 2.02. The van der Waals surface area contributed by atoms with Gasteiger partial charge in [0.05, 0.1) is 0 Å². The number of likely N-dealkylation sites (N-methyl/N-ethyl adjacent to an activating group) is 1. The molecule has 4 nitrogen and oxygen atoms in total. The minimum atomic E-state index is 0.112. The van der Waals surface area contributed by atoms with Crippen LogP contribution in [0.1, 0.15) is 32.6 Å². The highest BCUT2D eigenvalue weighted by atomic mass is 16.2. The van der Waals surface area contributed by atoms with Crippen molar-refractivity contribution in [2.75, 3.05) is 26.7 Å². The number of urea groups is 1. The van der Waals surface area contributed by atoms with E-state index in [1.807, 2.05) is 11.9 Å². The molecule has 88 valence electrons. The van der Waals surface area contributed by atoms with Gasteiger partial charge in [-0.3, -0.25) is 0 Å². The average molecular weight is 213 g/mol. The molecule has 2 amide bonds. The van der Waals surface area contributed by atoms with Crippen molar-refractivity contribution >= 4 is 6.03 Å². The average Bonchev–Trinajstić information content (AvgIpc) is 2.67. The molecule has 1 aliphatic rings. The van der Waals surface area contributed by atoms with E-state index in [9.17, 15) is 4.79 Å². The Kier molecular flexibility index (Phi) is 5.47. The Morgan fingerprint density at radius 2 is 2.33 bits per heavy atom. The van der Waals surface area contributed by atoms with E-state index in [1.54, 1.807) is 0 Å². The van der Waals surface area contributed by atoms with Gasteiger partial charge in [-0.15, -0.1) is 0 Å². The predicted molar refractivity (Wildman–Crippen MR) is 62.0 cm³/mol. The van der Waals surface area contributed by atoms with Gasteiger partial charge >= 0.3 is 6.03 Å². The van der Waals surface area contributed by atoms with Crippen molar-refractivity contribution in [2.45, 2.75) is 38.6 Å². The SMILES string of the molecule is CCCCNC(=O)N1CCCC1CNC. The van der Waals surface area contributed by atoms with Gasteiger partial charge in [0, 0.05) is 25.7 Å². The van der Waals surface area contributed by atoms with Crippen molar-refractivity contribution in [3.05, 3.63) is 0 Å². The number of likely N-dealkylation sites (tertiary alicyclic amines) is 1. The summed E-state index contributed by atoms with van der Waals surface area (Å²) in [5.74, 6) is 0. The molecule has 1 atom stereocenters. The van der Waals surface area contributed by atoms with Gasteiger partial charge < -0.3 is 15.5 Å². The quantitative estimate of drug-likeness (QED) is 0.674.